The van der Waals surface area contributed by atoms with E-state index in [1.165, 1.54) is 15.1 Å². The first kappa shape index (κ1) is 19.6. The minimum atomic E-state index is -3.72. The zero-order valence-corrected chi connectivity index (χ0v) is 17.6. The second-order valence-corrected chi connectivity index (χ2v) is 9.95. The molecular formula is C21H25N3O5S. The van der Waals surface area contributed by atoms with Crippen LogP contribution in [0.5, 0.6) is 11.5 Å². The van der Waals surface area contributed by atoms with Crippen LogP contribution in [0.1, 0.15) is 36.9 Å². The van der Waals surface area contributed by atoms with E-state index in [1.54, 1.807) is 18.2 Å². The molecule has 0 spiro atoms. The topological polar surface area (TPSA) is 90.7 Å². The number of rotatable bonds is 4. The first-order valence-corrected chi connectivity index (χ1v) is 12.0. The van der Waals surface area contributed by atoms with Crippen molar-refractivity contribution >= 4 is 10.0 Å². The predicted molar refractivity (Wildman–Crippen MR) is 109 cm³/mol. The number of benzene rings is 1. The third kappa shape index (κ3) is 3.50. The zero-order chi connectivity index (χ0) is 20.7. The average Bonchev–Trinajstić information content (AvgIpc) is 3.23. The molecule has 0 amide bonds. The third-order valence-corrected chi connectivity index (χ3v) is 8.05. The van der Waals surface area contributed by atoms with Crippen molar-refractivity contribution in [1.29, 1.82) is 0 Å². The molecule has 1 fully saturated rings. The summed E-state index contributed by atoms with van der Waals surface area (Å²) in [6.45, 7) is 1.56. The monoisotopic (exact) mass is 431 g/mol. The summed E-state index contributed by atoms with van der Waals surface area (Å²) in [5, 5.41) is 4.57. The maximum atomic E-state index is 13.4. The summed E-state index contributed by atoms with van der Waals surface area (Å²) >= 11 is 0. The van der Waals surface area contributed by atoms with Crippen LogP contribution in [0.4, 0.5) is 0 Å². The van der Waals surface area contributed by atoms with Gasteiger partial charge in [0.05, 0.1) is 17.1 Å². The summed E-state index contributed by atoms with van der Waals surface area (Å²) in [5.74, 6) is 1.01. The van der Waals surface area contributed by atoms with Gasteiger partial charge in [-0.15, -0.1) is 0 Å². The highest BCUT2D eigenvalue weighted by molar-refractivity contribution is 7.89. The Kier molecular flexibility index (Phi) is 5.02. The summed E-state index contributed by atoms with van der Waals surface area (Å²) < 4.78 is 40.7. The van der Waals surface area contributed by atoms with Crippen LogP contribution >= 0.6 is 0 Å². The Hall–Kier alpha value is -2.39. The Balaban J connectivity index is 1.42. The van der Waals surface area contributed by atoms with Crippen LogP contribution in [0, 0.1) is 0 Å². The van der Waals surface area contributed by atoms with Crippen LogP contribution in [0.3, 0.4) is 0 Å². The quantitative estimate of drug-likeness (QED) is 0.733. The molecule has 1 aromatic carbocycles. The lowest BCUT2D eigenvalue weighted by Crippen LogP contribution is -2.41. The van der Waals surface area contributed by atoms with Crippen molar-refractivity contribution in [3.63, 3.8) is 0 Å². The highest BCUT2D eigenvalue weighted by atomic mass is 32.2. The lowest BCUT2D eigenvalue weighted by molar-refractivity contribution is 0.171. The lowest BCUT2D eigenvalue weighted by Gasteiger charge is -2.26. The van der Waals surface area contributed by atoms with E-state index in [-0.39, 0.29) is 23.0 Å². The number of nitrogens with zero attached hydrogens (tertiary/aromatic N) is 3. The first-order chi connectivity index (χ1) is 14.5. The van der Waals surface area contributed by atoms with Gasteiger partial charge < -0.3 is 9.47 Å². The predicted octanol–water partition coefficient (Wildman–Crippen LogP) is 1.75. The smallest absolute Gasteiger partial charge is 0.267 e. The SMILES string of the molecule is O=c1cc2c(nn1CC1CCCN1S(=O)(=O)c1ccc3c(c1)OCCO3)CCCC2. The summed E-state index contributed by atoms with van der Waals surface area (Å²) in [5.41, 5.74) is 1.86. The molecule has 1 saturated heterocycles. The minimum Gasteiger partial charge on any atom is -0.486 e. The number of hydrogen-bond donors (Lipinski definition) is 0. The third-order valence-electron chi connectivity index (χ3n) is 6.10. The molecule has 9 heteroatoms. The van der Waals surface area contributed by atoms with Crippen molar-refractivity contribution in [2.45, 2.75) is 56.0 Å². The highest BCUT2D eigenvalue weighted by Gasteiger charge is 2.36. The molecule has 1 aliphatic carbocycles. The molecular weight excluding hydrogens is 406 g/mol. The van der Waals surface area contributed by atoms with Gasteiger partial charge in [-0.25, -0.2) is 13.1 Å². The fourth-order valence-corrected chi connectivity index (χ4v) is 6.26. The number of aromatic nitrogens is 2. The number of hydrogen-bond acceptors (Lipinski definition) is 6. The van der Waals surface area contributed by atoms with Crippen molar-refractivity contribution < 1.29 is 17.9 Å². The van der Waals surface area contributed by atoms with E-state index in [0.717, 1.165) is 43.4 Å². The number of fused-ring (bicyclic) bond motifs is 2. The maximum absolute atomic E-state index is 13.4. The summed E-state index contributed by atoms with van der Waals surface area (Å²) in [4.78, 5) is 12.8. The van der Waals surface area contributed by atoms with Gasteiger partial charge in [0, 0.05) is 24.7 Å². The van der Waals surface area contributed by atoms with Crippen LogP contribution < -0.4 is 15.0 Å². The van der Waals surface area contributed by atoms with Gasteiger partial charge >= 0.3 is 0 Å². The largest absolute Gasteiger partial charge is 0.486 e. The van der Waals surface area contributed by atoms with E-state index in [4.69, 9.17) is 9.47 Å². The van der Waals surface area contributed by atoms with E-state index in [9.17, 15) is 13.2 Å². The molecule has 1 unspecified atom stereocenters. The Morgan fingerprint density at radius 3 is 2.70 bits per heavy atom. The standard InChI is InChI=1S/C21H25N3O5S/c25-21-12-15-4-1-2-6-18(15)22-23(21)14-16-5-3-9-24(16)30(26,27)17-7-8-19-20(13-17)29-11-10-28-19/h7-8,12-13,16H,1-6,9-11,14H2. The second kappa shape index (κ2) is 7.70. The zero-order valence-electron chi connectivity index (χ0n) is 16.7. The Morgan fingerprint density at radius 2 is 1.83 bits per heavy atom. The highest BCUT2D eigenvalue weighted by Crippen LogP contribution is 2.35. The Bertz CT molecular complexity index is 1130. The molecule has 0 N–H and O–H groups in total. The fraction of sp³-hybridized carbons (Fsp3) is 0.524. The van der Waals surface area contributed by atoms with Crippen molar-refractivity contribution in [3.05, 3.63) is 45.9 Å². The number of aryl methyl sites for hydroxylation is 2. The minimum absolute atomic E-state index is 0.153. The van der Waals surface area contributed by atoms with Gasteiger partial charge in [0.1, 0.15) is 13.2 Å². The van der Waals surface area contributed by atoms with Gasteiger partial charge in [-0.05, 0) is 56.2 Å². The average molecular weight is 432 g/mol. The summed E-state index contributed by atoms with van der Waals surface area (Å²) in [6, 6.07) is 6.11. The second-order valence-electron chi connectivity index (χ2n) is 8.06. The summed E-state index contributed by atoms with van der Waals surface area (Å²) in [6.07, 6.45) is 5.39. The molecule has 2 aromatic rings. The molecule has 30 heavy (non-hydrogen) atoms. The van der Waals surface area contributed by atoms with E-state index < -0.39 is 10.0 Å². The molecule has 2 aliphatic heterocycles. The molecule has 1 aromatic heterocycles. The van der Waals surface area contributed by atoms with Crippen LogP contribution in [0.25, 0.3) is 0 Å². The van der Waals surface area contributed by atoms with Gasteiger partial charge in [-0.2, -0.15) is 9.40 Å². The van der Waals surface area contributed by atoms with E-state index in [0.29, 0.717) is 37.7 Å². The van der Waals surface area contributed by atoms with Crippen molar-refractivity contribution in [1.82, 2.24) is 14.1 Å². The van der Waals surface area contributed by atoms with Gasteiger partial charge in [-0.3, -0.25) is 4.79 Å². The molecule has 5 rings (SSSR count). The Morgan fingerprint density at radius 1 is 1.03 bits per heavy atom. The van der Waals surface area contributed by atoms with Crippen molar-refractivity contribution in [2.24, 2.45) is 0 Å². The lowest BCUT2D eigenvalue weighted by atomic mass is 9.97. The molecule has 3 aliphatic rings. The van der Waals surface area contributed by atoms with E-state index >= 15 is 0 Å². The molecule has 160 valence electrons. The molecule has 0 radical (unpaired) electrons. The van der Waals surface area contributed by atoms with E-state index in [2.05, 4.69) is 5.10 Å². The Labute approximate surface area is 175 Å². The number of sulfonamides is 1. The number of ether oxygens (including phenoxy) is 2. The van der Waals surface area contributed by atoms with Crippen molar-refractivity contribution in [2.75, 3.05) is 19.8 Å². The molecule has 8 nitrogen and oxygen atoms in total. The van der Waals surface area contributed by atoms with E-state index in [1.807, 2.05) is 0 Å². The van der Waals surface area contributed by atoms with Crippen molar-refractivity contribution in [3.8, 4) is 11.5 Å². The fourth-order valence-electron chi connectivity index (χ4n) is 4.56. The van der Waals surface area contributed by atoms with Gasteiger partial charge in [0.15, 0.2) is 11.5 Å². The first-order valence-electron chi connectivity index (χ1n) is 10.5. The summed E-state index contributed by atoms with van der Waals surface area (Å²) in [7, 11) is -3.72. The molecule has 3 heterocycles. The van der Waals surface area contributed by atoms with Gasteiger partial charge in [0.2, 0.25) is 10.0 Å². The van der Waals surface area contributed by atoms with Crippen LogP contribution in [0.15, 0.2) is 34.0 Å². The van der Waals surface area contributed by atoms with Gasteiger partial charge in [0.25, 0.3) is 5.56 Å². The molecule has 0 saturated carbocycles. The molecule has 1 atom stereocenters. The van der Waals surface area contributed by atoms with Crippen LogP contribution in [0.2, 0.25) is 0 Å². The normalized spacial score (nSPS) is 21.4. The van der Waals surface area contributed by atoms with Crippen LogP contribution in [-0.4, -0.2) is 48.3 Å². The van der Waals surface area contributed by atoms with Crippen LogP contribution in [-0.2, 0) is 29.4 Å². The molecule has 0 bridgehead atoms. The van der Waals surface area contributed by atoms with Gasteiger partial charge in [-0.1, -0.05) is 0 Å². The maximum Gasteiger partial charge on any atom is 0.267 e.